The Morgan fingerprint density at radius 1 is 1.09 bits per heavy atom. The first kappa shape index (κ1) is 21.3. The summed E-state index contributed by atoms with van der Waals surface area (Å²) in [6, 6.07) is 1.18. The van der Waals surface area contributed by atoms with Gasteiger partial charge in [0.15, 0.2) is 0 Å². The molecule has 2 N–H and O–H groups in total. The zero-order valence-electron chi connectivity index (χ0n) is 12.4. The molecule has 0 bridgehead atoms. The molecule has 1 aromatic rings. The summed E-state index contributed by atoms with van der Waals surface area (Å²) in [7, 11) is 0. The number of benzene rings is 1. The van der Waals surface area contributed by atoms with Crippen LogP contribution in [0.1, 0.15) is 22.7 Å². The van der Waals surface area contributed by atoms with E-state index in [4.69, 9.17) is 0 Å². The number of phenolic OH excluding ortho intramolecular Hbond substituents is 1. The Hall–Kier alpha value is -0.690. The molecule has 0 spiro atoms. The van der Waals surface area contributed by atoms with E-state index in [1.807, 2.05) is 0 Å². The van der Waals surface area contributed by atoms with Crippen LogP contribution in [0.3, 0.4) is 0 Å². The third kappa shape index (κ3) is 4.65. The average molecular weight is 361 g/mol. The molecule has 0 saturated carbocycles. The maximum Gasteiger partial charge on any atom is 0.408 e. The van der Waals surface area contributed by atoms with Crippen molar-refractivity contribution in [2.45, 2.75) is 26.1 Å². The topological polar surface area (TPSA) is 35.5 Å². The molecule has 1 atom stereocenters. The van der Waals surface area contributed by atoms with Crippen molar-refractivity contribution in [3.05, 3.63) is 28.8 Å². The predicted octanol–water partition coefficient (Wildman–Crippen LogP) is 3.36. The van der Waals surface area contributed by atoms with Gasteiger partial charge in [0.05, 0.1) is 0 Å². The van der Waals surface area contributed by atoms with E-state index in [-0.39, 0.29) is 36.1 Å². The zero-order valence-corrected chi connectivity index (χ0v) is 14.0. The molecule has 0 aromatic heterocycles. The van der Waals surface area contributed by atoms with Gasteiger partial charge in [-0.05, 0) is 42.7 Å². The van der Waals surface area contributed by atoms with E-state index in [9.17, 15) is 18.3 Å². The number of rotatable bonds is 2. The third-order valence-corrected chi connectivity index (χ3v) is 3.68. The molecule has 8 heteroatoms. The van der Waals surface area contributed by atoms with Crippen molar-refractivity contribution in [3.63, 3.8) is 0 Å². The first-order chi connectivity index (χ1) is 9.30. The van der Waals surface area contributed by atoms with E-state index < -0.39 is 12.2 Å². The van der Waals surface area contributed by atoms with Gasteiger partial charge in [-0.1, -0.05) is 0 Å². The molecule has 1 aliphatic rings. The molecule has 0 radical (unpaired) electrons. The highest BCUT2D eigenvalue weighted by Crippen LogP contribution is 2.41. The van der Waals surface area contributed by atoms with Gasteiger partial charge in [0, 0.05) is 26.2 Å². The maximum atomic E-state index is 13.5. The minimum Gasteiger partial charge on any atom is -0.508 e. The Balaban J connectivity index is 0.00000220. The Morgan fingerprint density at radius 2 is 1.55 bits per heavy atom. The molecule has 0 aliphatic carbocycles. The molecule has 1 saturated heterocycles. The average Bonchev–Trinajstić information content (AvgIpc) is 2.33. The number of halogens is 5. The van der Waals surface area contributed by atoms with Crippen LogP contribution >= 0.6 is 24.8 Å². The standard InChI is InChI=1S/C14H19F3N2O.2ClH/c1-9-7-11(20)8-10(2)12(9)13(14(15,16)17)19-5-3-18-4-6-19;;/h7-8,13,18,20H,3-6H2,1-2H3;2*1H/t13-;;/m1../s1. The Bertz CT molecular complexity index is 468. The fraction of sp³-hybridized carbons (Fsp3) is 0.571. The minimum atomic E-state index is -4.33. The third-order valence-electron chi connectivity index (χ3n) is 3.68. The van der Waals surface area contributed by atoms with Gasteiger partial charge in [-0.25, -0.2) is 0 Å². The van der Waals surface area contributed by atoms with Gasteiger partial charge in [-0.2, -0.15) is 13.2 Å². The molecular formula is C14H21Cl2F3N2O. The summed E-state index contributed by atoms with van der Waals surface area (Å²) < 4.78 is 40.6. The first-order valence-corrected chi connectivity index (χ1v) is 6.62. The highest BCUT2D eigenvalue weighted by Gasteiger charge is 2.46. The van der Waals surface area contributed by atoms with E-state index in [1.54, 1.807) is 13.8 Å². The van der Waals surface area contributed by atoms with Crippen LogP contribution in [0.25, 0.3) is 0 Å². The van der Waals surface area contributed by atoms with Crippen molar-refractivity contribution in [2.24, 2.45) is 0 Å². The van der Waals surface area contributed by atoms with E-state index in [2.05, 4.69) is 5.32 Å². The fourth-order valence-corrected chi connectivity index (χ4v) is 2.88. The van der Waals surface area contributed by atoms with Crippen molar-refractivity contribution in [3.8, 4) is 5.75 Å². The van der Waals surface area contributed by atoms with Crippen molar-refractivity contribution in [1.29, 1.82) is 0 Å². The van der Waals surface area contributed by atoms with Gasteiger partial charge in [-0.15, -0.1) is 24.8 Å². The van der Waals surface area contributed by atoms with Crippen molar-refractivity contribution < 1.29 is 18.3 Å². The minimum absolute atomic E-state index is 0. The molecule has 128 valence electrons. The highest BCUT2D eigenvalue weighted by atomic mass is 35.5. The largest absolute Gasteiger partial charge is 0.508 e. The Morgan fingerprint density at radius 3 is 1.95 bits per heavy atom. The number of alkyl halides is 3. The quantitative estimate of drug-likeness (QED) is 0.848. The first-order valence-electron chi connectivity index (χ1n) is 6.62. The highest BCUT2D eigenvalue weighted by molar-refractivity contribution is 5.85. The molecule has 2 rings (SSSR count). The monoisotopic (exact) mass is 360 g/mol. The van der Waals surface area contributed by atoms with Crippen LogP contribution in [0, 0.1) is 13.8 Å². The maximum absolute atomic E-state index is 13.5. The van der Waals surface area contributed by atoms with E-state index in [0.29, 0.717) is 37.3 Å². The van der Waals surface area contributed by atoms with Crippen LogP contribution in [0.2, 0.25) is 0 Å². The lowest BCUT2D eigenvalue weighted by Gasteiger charge is -2.37. The van der Waals surface area contributed by atoms with Gasteiger partial charge in [0.25, 0.3) is 0 Å². The van der Waals surface area contributed by atoms with Gasteiger partial charge in [0.2, 0.25) is 0 Å². The SMILES string of the molecule is Cc1cc(O)cc(C)c1[C@@H](N1CCNCC1)C(F)(F)F.Cl.Cl. The van der Waals surface area contributed by atoms with Crippen LogP contribution in [0.15, 0.2) is 12.1 Å². The molecule has 0 unspecified atom stereocenters. The summed E-state index contributed by atoms with van der Waals surface area (Å²) in [6.07, 6.45) is -4.33. The van der Waals surface area contributed by atoms with Crippen LogP contribution in [-0.2, 0) is 0 Å². The summed E-state index contributed by atoms with van der Waals surface area (Å²) in [5.74, 6) is 0.00462. The van der Waals surface area contributed by atoms with Crippen LogP contribution < -0.4 is 5.32 Å². The number of aryl methyl sites for hydroxylation is 2. The van der Waals surface area contributed by atoms with Gasteiger partial charge >= 0.3 is 6.18 Å². The second kappa shape index (κ2) is 8.24. The normalized spacial score (nSPS) is 17.3. The smallest absolute Gasteiger partial charge is 0.408 e. The number of piperazine rings is 1. The molecule has 3 nitrogen and oxygen atoms in total. The van der Waals surface area contributed by atoms with E-state index in [1.165, 1.54) is 17.0 Å². The molecule has 1 fully saturated rings. The summed E-state index contributed by atoms with van der Waals surface area (Å²) >= 11 is 0. The summed E-state index contributed by atoms with van der Waals surface area (Å²) in [5.41, 5.74) is 1.21. The van der Waals surface area contributed by atoms with Crippen molar-refractivity contribution >= 4 is 24.8 Å². The van der Waals surface area contributed by atoms with Gasteiger partial charge < -0.3 is 10.4 Å². The number of phenols is 1. The summed E-state index contributed by atoms with van der Waals surface area (Å²) in [5, 5.41) is 12.6. The Labute approximate surface area is 140 Å². The molecule has 1 aliphatic heterocycles. The van der Waals surface area contributed by atoms with E-state index in [0.717, 1.165) is 0 Å². The number of nitrogens with one attached hydrogen (secondary N) is 1. The zero-order chi connectivity index (χ0) is 14.9. The summed E-state index contributed by atoms with van der Waals surface area (Å²) in [6.45, 7) is 5.07. The van der Waals surface area contributed by atoms with E-state index >= 15 is 0 Å². The predicted molar refractivity (Wildman–Crippen MR) is 85.3 cm³/mol. The number of nitrogens with zero attached hydrogens (tertiary/aromatic N) is 1. The number of hydrogen-bond donors (Lipinski definition) is 2. The molecule has 1 heterocycles. The Kier molecular flexibility index (Phi) is 7.98. The molecular weight excluding hydrogens is 340 g/mol. The number of aromatic hydroxyl groups is 1. The molecule has 22 heavy (non-hydrogen) atoms. The fourth-order valence-electron chi connectivity index (χ4n) is 2.88. The second-order valence-electron chi connectivity index (χ2n) is 5.22. The van der Waals surface area contributed by atoms with Crippen molar-refractivity contribution in [1.82, 2.24) is 10.2 Å². The van der Waals surface area contributed by atoms with Crippen molar-refractivity contribution in [2.75, 3.05) is 26.2 Å². The lowest BCUT2D eigenvalue weighted by atomic mass is 9.93. The van der Waals surface area contributed by atoms with Crippen LogP contribution in [-0.4, -0.2) is 42.4 Å². The number of hydrogen-bond acceptors (Lipinski definition) is 3. The van der Waals surface area contributed by atoms with Crippen LogP contribution in [0.5, 0.6) is 5.75 Å². The lowest BCUT2D eigenvalue weighted by Crippen LogP contribution is -2.49. The second-order valence-corrected chi connectivity index (χ2v) is 5.22. The van der Waals surface area contributed by atoms with Gasteiger partial charge in [-0.3, -0.25) is 4.90 Å². The summed E-state index contributed by atoms with van der Waals surface area (Å²) in [4.78, 5) is 1.46. The molecule has 1 aromatic carbocycles. The lowest BCUT2D eigenvalue weighted by molar-refractivity contribution is -0.188. The van der Waals surface area contributed by atoms with Crippen LogP contribution in [0.4, 0.5) is 13.2 Å². The van der Waals surface area contributed by atoms with Gasteiger partial charge in [0.1, 0.15) is 11.8 Å². The molecule has 0 amide bonds.